The Morgan fingerprint density at radius 1 is 1.08 bits per heavy atom. The van der Waals surface area contributed by atoms with Crippen LogP contribution in [0.3, 0.4) is 0 Å². The summed E-state index contributed by atoms with van der Waals surface area (Å²) in [6, 6.07) is 14.0. The number of hydrogen-bond donors (Lipinski definition) is 1. The maximum absolute atomic E-state index is 12.1. The van der Waals surface area contributed by atoms with Crippen molar-refractivity contribution in [2.24, 2.45) is 0 Å². The van der Waals surface area contributed by atoms with Gasteiger partial charge in [-0.25, -0.2) is 0 Å². The van der Waals surface area contributed by atoms with Crippen LogP contribution in [-0.4, -0.2) is 31.4 Å². The van der Waals surface area contributed by atoms with E-state index in [0.29, 0.717) is 13.0 Å². The molecule has 0 unspecified atom stereocenters. The van der Waals surface area contributed by atoms with Crippen LogP contribution in [0.2, 0.25) is 0 Å². The fraction of sp³-hybridized carbons (Fsp3) is 0.381. The van der Waals surface area contributed by atoms with Crippen molar-refractivity contribution in [1.82, 2.24) is 4.90 Å². The summed E-state index contributed by atoms with van der Waals surface area (Å²) in [4.78, 5) is 14.1. The van der Waals surface area contributed by atoms with Crippen LogP contribution in [0.5, 0.6) is 5.75 Å². The number of nitrogens with one attached hydrogen (secondary N) is 1. The van der Waals surface area contributed by atoms with E-state index < -0.39 is 0 Å². The number of carbonyl (C=O) groups excluding carboxylic acids is 1. The Morgan fingerprint density at radius 3 is 2.32 bits per heavy atom. The van der Waals surface area contributed by atoms with Gasteiger partial charge < -0.3 is 15.0 Å². The Morgan fingerprint density at radius 2 is 1.72 bits per heavy atom. The first kappa shape index (κ1) is 19.0. The van der Waals surface area contributed by atoms with Gasteiger partial charge in [-0.2, -0.15) is 0 Å². The Kier molecular flexibility index (Phi) is 7.02. The van der Waals surface area contributed by atoms with Gasteiger partial charge in [0.15, 0.2) is 0 Å². The van der Waals surface area contributed by atoms with Crippen molar-refractivity contribution in [3.05, 3.63) is 59.2 Å². The summed E-state index contributed by atoms with van der Waals surface area (Å²) < 4.78 is 5.99. The highest BCUT2D eigenvalue weighted by Crippen LogP contribution is 2.28. The summed E-state index contributed by atoms with van der Waals surface area (Å²) in [6.07, 6.45) is 1.39. The Labute approximate surface area is 150 Å². The first-order valence-electron chi connectivity index (χ1n) is 8.68. The van der Waals surface area contributed by atoms with Gasteiger partial charge in [-0.3, -0.25) is 4.79 Å². The van der Waals surface area contributed by atoms with E-state index in [9.17, 15) is 4.79 Å². The maximum atomic E-state index is 12.1. The first-order valence-corrected chi connectivity index (χ1v) is 8.68. The smallest absolute Gasteiger partial charge is 0.224 e. The highest BCUT2D eigenvalue weighted by Gasteiger charge is 2.09. The molecule has 0 aliphatic heterocycles. The molecule has 0 aromatic heterocycles. The summed E-state index contributed by atoms with van der Waals surface area (Å²) in [5.74, 6) is 0.938. The van der Waals surface area contributed by atoms with Crippen molar-refractivity contribution < 1.29 is 9.53 Å². The number of rotatable bonds is 8. The number of carbonyl (C=O) groups is 1. The van der Waals surface area contributed by atoms with Gasteiger partial charge in [0.05, 0.1) is 0 Å². The topological polar surface area (TPSA) is 41.6 Å². The van der Waals surface area contributed by atoms with Crippen molar-refractivity contribution in [2.45, 2.75) is 33.3 Å². The van der Waals surface area contributed by atoms with E-state index in [0.717, 1.165) is 41.1 Å². The number of benzene rings is 2. The summed E-state index contributed by atoms with van der Waals surface area (Å²) in [7, 11) is 4.03. The molecule has 4 nitrogen and oxygen atoms in total. The van der Waals surface area contributed by atoms with Crippen LogP contribution in [0, 0.1) is 13.8 Å². The van der Waals surface area contributed by atoms with Crippen molar-refractivity contribution in [3.8, 4) is 5.75 Å². The van der Waals surface area contributed by atoms with E-state index in [1.165, 1.54) is 0 Å². The van der Waals surface area contributed by atoms with Crippen molar-refractivity contribution in [3.63, 3.8) is 0 Å². The maximum Gasteiger partial charge on any atom is 0.224 e. The first-order chi connectivity index (χ1) is 12.0. The van der Waals surface area contributed by atoms with Crippen molar-refractivity contribution in [2.75, 3.05) is 26.0 Å². The molecule has 0 radical (unpaired) electrons. The molecule has 0 spiro atoms. The molecule has 2 aromatic rings. The molecule has 2 rings (SSSR count). The SMILES string of the molecule is Cc1cc(NC(=O)CCCN(C)C)cc(C)c1OCc1ccccc1. The number of amides is 1. The minimum absolute atomic E-state index is 0.0543. The predicted octanol–water partition coefficient (Wildman–Crippen LogP) is 4.16. The standard InChI is InChI=1S/C21H28N2O2/c1-16-13-19(22-20(24)11-8-12-23(3)4)14-17(2)21(16)25-15-18-9-6-5-7-10-18/h5-7,9-10,13-14H,8,11-12,15H2,1-4H3,(H,22,24). The average Bonchev–Trinajstić information content (AvgIpc) is 2.54. The number of aryl methyl sites for hydroxylation is 2. The third-order valence-electron chi connectivity index (χ3n) is 3.98. The zero-order chi connectivity index (χ0) is 18.2. The van der Waals surface area contributed by atoms with Gasteiger partial charge in [0, 0.05) is 12.1 Å². The third-order valence-corrected chi connectivity index (χ3v) is 3.98. The van der Waals surface area contributed by atoms with Crippen LogP contribution in [0.25, 0.3) is 0 Å². The second kappa shape index (κ2) is 9.23. The van der Waals surface area contributed by atoms with Gasteiger partial charge >= 0.3 is 0 Å². The zero-order valence-electron chi connectivity index (χ0n) is 15.6. The Balaban J connectivity index is 1.95. The monoisotopic (exact) mass is 340 g/mol. The van der Waals surface area contributed by atoms with E-state index in [1.54, 1.807) is 0 Å². The highest BCUT2D eigenvalue weighted by molar-refractivity contribution is 5.91. The molecule has 4 heteroatoms. The molecule has 0 saturated carbocycles. The van der Waals surface area contributed by atoms with E-state index in [4.69, 9.17) is 4.74 Å². The molecule has 2 aromatic carbocycles. The fourth-order valence-corrected chi connectivity index (χ4v) is 2.76. The lowest BCUT2D eigenvalue weighted by atomic mass is 10.1. The van der Waals surface area contributed by atoms with Crippen LogP contribution in [-0.2, 0) is 11.4 Å². The number of hydrogen-bond acceptors (Lipinski definition) is 3. The molecular weight excluding hydrogens is 312 g/mol. The average molecular weight is 340 g/mol. The second-order valence-corrected chi connectivity index (χ2v) is 6.67. The van der Waals surface area contributed by atoms with Crippen molar-refractivity contribution >= 4 is 11.6 Å². The van der Waals surface area contributed by atoms with Crippen LogP contribution in [0.1, 0.15) is 29.5 Å². The van der Waals surface area contributed by atoms with Gasteiger partial charge in [-0.1, -0.05) is 30.3 Å². The van der Waals surface area contributed by atoms with Crippen LogP contribution in [0.4, 0.5) is 5.69 Å². The number of ether oxygens (including phenoxy) is 1. The molecule has 134 valence electrons. The van der Waals surface area contributed by atoms with Gasteiger partial charge in [0.1, 0.15) is 12.4 Å². The summed E-state index contributed by atoms with van der Waals surface area (Å²) in [5, 5.41) is 2.99. The molecule has 0 atom stereocenters. The van der Waals surface area contributed by atoms with E-state index in [2.05, 4.69) is 10.2 Å². The molecule has 0 aliphatic carbocycles. The minimum atomic E-state index is 0.0543. The second-order valence-electron chi connectivity index (χ2n) is 6.67. The van der Waals surface area contributed by atoms with Gasteiger partial charge in [-0.15, -0.1) is 0 Å². The van der Waals surface area contributed by atoms with Gasteiger partial charge in [0.25, 0.3) is 0 Å². The van der Waals surface area contributed by atoms with Crippen LogP contribution in [0.15, 0.2) is 42.5 Å². The molecule has 0 saturated heterocycles. The number of anilines is 1. The van der Waals surface area contributed by atoms with E-state index in [-0.39, 0.29) is 5.91 Å². The minimum Gasteiger partial charge on any atom is -0.488 e. The lowest BCUT2D eigenvalue weighted by Gasteiger charge is -2.15. The zero-order valence-corrected chi connectivity index (χ0v) is 15.6. The van der Waals surface area contributed by atoms with Gasteiger partial charge in [-0.05, 0) is 69.7 Å². The molecule has 0 fully saturated rings. The molecule has 1 N–H and O–H groups in total. The largest absolute Gasteiger partial charge is 0.488 e. The van der Waals surface area contributed by atoms with Crippen LogP contribution < -0.4 is 10.1 Å². The molecule has 25 heavy (non-hydrogen) atoms. The Hall–Kier alpha value is -2.33. The lowest BCUT2D eigenvalue weighted by Crippen LogP contribution is -2.17. The lowest BCUT2D eigenvalue weighted by molar-refractivity contribution is -0.116. The predicted molar refractivity (Wildman–Crippen MR) is 103 cm³/mol. The summed E-state index contributed by atoms with van der Waals surface area (Å²) in [6.45, 7) is 5.47. The molecular formula is C21H28N2O2. The number of nitrogens with zero attached hydrogens (tertiary/aromatic N) is 1. The van der Waals surface area contributed by atoms with E-state index in [1.807, 2.05) is 70.4 Å². The molecule has 0 heterocycles. The summed E-state index contributed by atoms with van der Waals surface area (Å²) in [5.41, 5.74) is 4.02. The van der Waals surface area contributed by atoms with E-state index >= 15 is 0 Å². The van der Waals surface area contributed by atoms with Crippen LogP contribution >= 0.6 is 0 Å². The van der Waals surface area contributed by atoms with Gasteiger partial charge in [0.2, 0.25) is 5.91 Å². The van der Waals surface area contributed by atoms with Crippen molar-refractivity contribution in [1.29, 1.82) is 0 Å². The molecule has 0 aliphatic rings. The molecule has 0 bridgehead atoms. The quantitative estimate of drug-likeness (QED) is 0.784. The normalized spacial score (nSPS) is 10.8. The fourth-order valence-electron chi connectivity index (χ4n) is 2.76. The summed E-state index contributed by atoms with van der Waals surface area (Å²) >= 11 is 0. The highest BCUT2D eigenvalue weighted by atomic mass is 16.5. The molecule has 1 amide bonds. The third kappa shape index (κ3) is 6.24. The Bertz CT molecular complexity index is 673.